The van der Waals surface area contributed by atoms with E-state index in [1.807, 2.05) is 6.07 Å². The molecule has 1 aromatic heterocycles. The number of hydrogen-bond donors (Lipinski definition) is 0. The van der Waals surface area contributed by atoms with Crippen LogP contribution in [0.3, 0.4) is 0 Å². The number of nitriles is 1. The van der Waals surface area contributed by atoms with Crippen LogP contribution in [-0.2, 0) is 10.0 Å². The molecule has 0 bridgehead atoms. The molecule has 0 aliphatic heterocycles. The molecule has 0 amide bonds. The molecule has 6 heteroatoms. The number of anilines is 1. The Bertz CT molecular complexity index is 721. The van der Waals surface area contributed by atoms with E-state index in [-0.39, 0.29) is 4.90 Å². The molecular formula is C13H11N3O2S. The summed E-state index contributed by atoms with van der Waals surface area (Å²) in [5.74, 6) is 0. The quantitative estimate of drug-likeness (QED) is 0.854. The predicted octanol–water partition coefficient (Wildman–Crippen LogP) is 1.78. The normalized spacial score (nSPS) is 10.7. The summed E-state index contributed by atoms with van der Waals surface area (Å²) in [7, 11) is -2.23. The number of aromatic nitrogens is 1. The van der Waals surface area contributed by atoms with Crippen LogP contribution in [0.25, 0.3) is 0 Å². The van der Waals surface area contributed by atoms with E-state index in [4.69, 9.17) is 5.26 Å². The van der Waals surface area contributed by atoms with E-state index in [0.29, 0.717) is 11.3 Å². The SMILES string of the molecule is CN(c1cccnc1)S(=O)(=O)c1cccc(C#N)c1. The number of pyridine rings is 1. The maximum atomic E-state index is 12.4. The fourth-order valence-corrected chi connectivity index (χ4v) is 2.79. The average Bonchev–Trinajstić information content (AvgIpc) is 2.47. The Labute approximate surface area is 111 Å². The number of rotatable bonds is 3. The van der Waals surface area contributed by atoms with Crippen molar-refractivity contribution in [3.05, 3.63) is 54.4 Å². The predicted molar refractivity (Wildman–Crippen MR) is 71.0 cm³/mol. The summed E-state index contributed by atoms with van der Waals surface area (Å²) in [6.07, 6.45) is 3.03. The van der Waals surface area contributed by atoms with Gasteiger partial charge in [-0.3, -0.25) is 9.29 Å². The van der Waals surface area contributed by atoms with Gasteiger partial charge >= 0.3 is 0 Å². The summed E-state index contributed by atoms with van der Waals surface area (Å²) in [5.41, 5.74) is 0.769. The van der Waals surface area contributed by atoms with Gasteiger partial charge in [0.05, 0.1) is 28.4 Å². The molecule has 5 nitrogen and oxygen atoms in total. The van der Waals surface area contributed by atoms with Gasteiger partial charge in [-0.05, 0) is 30.3 Å². The Kier molecular flexibility index (Phi) is 3.49. The van der Waals surface area contributed by atoms with Crippen molar-refractivity contribution in [2.24, 2.45) is 0 Å². The lowest BCUT2D eigenvalue weighted by atomic mass is 10.2. The van der Waals surface area contributed by atoms with Crippen LogP contribution in [0.2, 0.25) is 0 Å². The highest BCUT2D eigenvalue weighted by molar-refractivity contribution is 7.92. The van der Waals surface area contributed by atoms with Crippen LogP contribution in [0, 0.1) is 11.3 Å². The second-order valence-corrected chi connectivity index (χ2v) is 5.79. The minimum Gasteiger partial charge on any atom is -0.268 e. The number of benzene rings is 1. The maximum absolute atomic E-state index is 12.4. The van der Waals surface area contributed by atoms with Gasteiger partial charge in [0.15, 0.2) is 0 Å². The van der Waals surface area contributed by atoms with Crippen LogP contribution in [0.5, 0.6) is 0 Å². The molecule has 0 aliphatic rings. The third-order valence-electron chi connectivity index (χ3n) is 2.63. The van der Waals surface area contributed by atoms with Crippen LogP contribution in [-0.4, -0.2) is 20.4 Å². The van der Waals surface area contributed by atoms with Gasteiger partial charge in [0.2, 0.25) is 0 Å². The molecule has 0 fully saturated rings. The maximum Gasteiger partial charge on any atom is 0.264 e. The third-order valence-corrected chi connectivity index (χ3v) is 4.41. The molecule has 0 radical (unpaired) electrons. The van der Waals surface area contributed by atoms with E-state index in [1.165, 1.54) is 25.4 Å². The van der Waals surface area contributed by atoms with Crippen molar-refractivity contribution in [1.29, 1.82) is 5.26 Å². The lowest BCUT2D eigenvalue weighted by molar-refractivity contribution is 0.594. The molecule has 1 aromatic carbocycles. The minimum absolute atomic E-state index is 0.0814. The number of hydrogen-bond acceptors (Lipinski definition) is 4. The van der Waals surface area contributed by atoms with Gasteiger partial charge in [0, 0.05) is 13.2 Å². The zero-order valence-electron chi connectivity index (χ0n) is 10.2. The molecule has 0 spiro atoms. The Balaban J connectivity index is 2.46. The second kappa shape index (κ2) is 5.08. The molecule has 96 valence electrons. The third kappa shape index (κ3) is 2.56. The Morgan fingerprint density at radius 2 is 2.05 bits per heavy atom. The zero-order valence-corrected chi connectivity index (χ0v) is 11.0. The monoisotopic (exact) mass is 273 g/mol. The largest absolute Gasteiger partial charge is 0.268 e. The summed E-state index contributed by atoms with van der Waals surface area (Å²) in [4.78, 5) is 3.97. The van der Waals surface area contributed by atoms with Crippen LogP contribution in [0.4, 0.5) is 5.69 Å². The van der Waals surface area contributed by atoms with Crippen LogP contribution >= 0.6 is 0 Å². The van der Waals surface area contributed by atoms with E-state index in [1.54, 1.807) is 30.5 Å². The molecule has 0 unspecified atom stereocenters. The molecule has 0 saturated carbocycles. The molecule has 0 saturated heterocycles. The fourth-order valence-electron chi connectivity index (χ4n) is 1.56. The van der Waals surface area contributed by atoms with Crippen LogP contribution < -0.4 is 4.31 Å². The highest BCUT2D eigenvalue weighted by Crippen LogP contribution is 2.21. The van der Waals surface area contributed by atoms with E-state index in [0.717, 1.165) is 4.31 Å². The molecule has 0 atom stereocenters. The Morgan fingerprint density at radius 3 is 2.68 bits per heavy atom. The number of nitrogens with zero attached hydrogens (tertiary/aromatic N) is 3. The molecule has 2 aromatic rings. The highest BCUT2D eigenvalue weighted by atomic mass is 32.2. The van der Waals surface area contributed by atoms with Gasteiger partial charge in [-0.25, -0.2) is 8.42 Å². The lowest BCUT2D eigenvalue weighted by Gasteiger charge is -2.18. The summed E-state index contributed by atoms with van der Waals surface area (Å²) >= 11 is 0. The van der Waals surface area contributed by atoms with Gasteiger partial charge in [0.1, 0.15) is 0 Å². The van der Waals surface area contributed by atoms with Crippen LogP contribution in [0.15, 0.2) is 53.7 Å². The van der Waals surface area contributed by atoms with Crippen molar-refractivity contribution in [3.8, 4) is 6.07 Å². The van der Waals surface area contributed by atoms with Crippen molar-refractivity contribution in [3.63, 3.8) is 0 Å². The van der Waals surface area contributed by atoms with Crippen molar-refractivity contribution in [1.82, 2.24) is 4.98 Å². The first kappa shape index (κ1) is 13.1. The standard InChI is InChI=1S/C13H11N3O2S/c1-16(12-5-3-7-15-10-12)19(17,18)13-6-2-4-11(8-13)9-14/h2-8,10H,1H3. The van der Waals surface area contributed by atoms with Crippen molar-refractivity contribution < 1.29 is 8.42 Å². The van der Waals surface area contributed by atoms with Gasteiger partial charge in [-0.2, -0.15) is 5.26 Å². The average molecular weight is 273 g/mol. The number of sulfonamides is 1. The first-order valence-corrected chi connectivity index (χ1v) is 6.89. The summed E-state index contributed by atoms with van der Waals surface area (Å²) in [5, 5.41) is 8.81. The Morgan fingerprint density at radius 1 is 1.26 bits per heavy atom. The van der Waals surface area contributed by atoms with Crippen molar-refractivity contribution >= 4 is 15.7 Å². The first-order chi connectivity index (χ1) is 9.05. The van der Waals surface area contributed by atoms with Gasteiger partial charge < -0.3 is 0 Å². The lowest BCUT2D eigenvalue weighted by Crippen LogP contribution is -2.26. The topological polar surface area (TPSA) is 74.1 Å². The van der Waals surface area contributed by atoms with E-state index in [9.17, 15) is 8.42 Å². The zero-order chi connectivity index (χ0) is 13.9. The van der Waals surface area contributed by atoms with Crippen molar-refractivity contribution in [2.75, 3.05) is 11.4 Å². The van der Waals surface area contributed by atoms with Gasteiger partial charge in [-0.1, -0.05) is 6.07 Å². The molecule has 1 heterocycles. The summed E-state index contributed by atoms with van der Waals surface area (Å²) < 4.78 is 25.9. The molecule has 19 heavy (non-hydrogen) atoms. The fraction of sp³-hybridized carbons (Fsp3) is 0.0769. The van der Waals surface area contributed by atoms with Crippen LogP contribution in [0.1, 0.15) is 5.56 Å². The highest BCUT2D eigenvalue weighted by Gasteiger charge is 2.21. The molecule has 0 aliphatic carbocycles. The summed E-state index contributed by atoms with van der Waals surface area (Å²) in [6.45, 7) is 0. The van der Waals surface area contributed by atoms with E-state index < -0.39 is 10.0 Å². The summed E-state index contributed by atoms with van der Waals surface area (Å²) in [6, 6.07) is 11.1. The van der Waals surface area contributed by atoms with Gasteiger partial charge in [0.25, 0.3) is 10.0 Å². The Hall–Kier alpha value is -2.39. The minimum atomic E-state index is -3.68. The first-order valence-electron chi connectivity index (χ1n) is 5.45. The molecule has 0 N–H and O–H groups in total. The second-order valence-electron chi connectivity index (χ2n) is 3.82. The van der Waals surface area contributed by atoms with E-state index in [2.05, 4.69) is 4.98 Å². The molecular weight excluding hydrogens is 262 g/mol. The molecule has 2 rings (SSSR count). The smallest absolute Gasteiger partial charge is 0.264 e. The van der Waals surface area contributed by atoms with Crippen molar-refractivity contribution in [2.45, 2.75) is 4.90 Å². The van der Waals surface area contributed by atoms with Gasteiger partial charge in [-0.15, -0.1) is 0 Å². The van der Waals surface area contributed by atoms with E-state index >= 15 is 0 Å².